The summed E-state index contributed by atoms with van der Waals surface area (Å²) >= 11 is 1.86. The van der Waals surface area contributed by atoms with E-state index in [1.54, 1.807) is 0 Å². The fourth-order valence-corrected chi connectivity index (χ4v) is 2.01. The first-order chi connectivity index (χ1) is 5.74. The summed E-state index contributed by atoms with van der Waals surface area (Å²) in [6.45, 7) is 4.10. The average molecular weight is 188 g/mol. The molecular formula is C8H16N2OS. The van der Waals surface area contributed by atoms with Crippen LogP contribution in [0.15, 0.2) is 0 Å². The molecule has 1 heterocycles. The molecule has 0 amide bonds. The molecule has 1 aliphatic heterocycles. The van der Waals surface area contributed by atoms with Crippen molar-refractivity contribution < 1.29 is 4.79 Å². The lowest BCUT2D eigenvalue weighted by Gasteiger charge is -2.20. The highest BCUT2D eigenvalue weighted by Crippen LogP contribution is 2.09. The zero-order valence-corrected chi connectivity index (χ0v) is 8.36. The Hall–Kier alpha value is -0.0600. The van der Waals surface area contributed by atoms with Gasteiger partial charge in [0.25, 0.3) is 0 Å². The molecule has 0 spiro atoms. The molecule has 3 nitrogen and oxygen atoms in total. The number of rotatable bonds is 4. The molecule has 0 bridgehead atoms. The Morgan fingerprint density at radius 1 is 1.67 bits per heavy atom. The van der Waals surface area contributed by atoms with Crippen LogP contribution in [0.2, 0.25) is 0 Å². The number of carbonyl (C=O) groups is 1. The lowest BCUT2D eigenvalue weighted by atomic mass is 10.1. The van der Waals surface area contributed by atoms with Gasteiger partial charge in [-0.25, -0.2) is 0 Å². The highest BCUT2D eigenvalue weighted by atomic mass is 32.2. The Labute approximate surface area is 77.7 Å². The average Bonchev–Trinajstić information content (AvgIpc) is 2.51. The van der Waals surface area contributed by atoms with Crippen LogP contribution in [0.5, 0.6) is 0 Å². The smallest absolute Gasteiger partial charge is 0.137 e. The van der Waals surface area contributed by atoms with E-state index in [0.29, 0.717) is 12.1 Å². The molecule has 2 atom stereocenters. The minimum atomic E-state index is -0.0128. The van der Waals surface area contributed by atoms with Crippen molar-refractivity contribution in [3.8, 4) is 0 Å². The number of hydrogen-bond acceptors (Lipinski definition) is 4. The van der Waals surface area contributed by atoms with Crippen molar-refractivity contribution in [1.82, 2.24) is 10.6 Å². The molecule has 0 aliphatic carbocycles. The number of nitrogens with one attached hydrogen (secondary N) is 2. The maximum Gasteiger partial charge on any atom is 0.137 e. The van der Waals surface area contributed by atoms with E-state index in [0.717, 1.165) is 17.9 Å². The third-order valence-electron chi connectivity index (χ3n) is 1.97. The fourth-order valence-electron chi connectivity index (χ4n) is 1.12. The van der Waals surface area contributed by atoms with Gasteiger partial charge in [0.05, 0.1) is 12.2 Å². The van der Waals surface area contributed by atoms with Gasteiger partial charge in [0.1, 0.15) is 6.29 Å². The number of aldehydes is 1. The van der Waals surface area contributed by atoms with E-state index in [-0.39, 0.29) is 6.04 Å². The summed E-state index contributed by atoms with van der Waals surface area (Å²) < 4.78 is 0. The molecule has 4 heteroatoms. The Morgan fingerprint density at radius 3 is 2.83 bits per heavy atom. The molecular weight excluding hydrogens is 172 g/mol. The molecule has 0 aromatic heterocycles. The minimum Gasteiger partial charge on any atom is -0.302 e. The molecule has 2 N–H and O–H groups in total. The molecule has 0 aromatic rings. The Morgan fingerprint density at radius 2 is 2.42 bits per heavy atom. The van der Waals surface area contributed by atoms with Gasteiger partial charge in [0, 0.05) is 11.6 Å². The van der Waals surface area contributed by atoms with Gasteiger partial charge in [0.2, 0.25) is 0 Å². The third-order valence-corrected chi connectivity index (χ3v) is 2.91. The summed E-state index contributed by atoms with van der Waals surface area (Å²) in [5.41, 5.74) is 0. The van der Waals surface area contributed by atoms with Crippen LogP contribution in [0.3, 0.4) is 0 Å². The highest BCUT2D eigenvalue weighted by molar-refractivity contribution is 7.99. The second-order valence-electron chi connectivity index (χ2n) is 3.34. The first-order valence-electron chi connectivity index (χ1n) is 4.26. The van der Waals surface area contributed by atoms with Crippen molar-refractivity contribution in [2.24, 2.45) is 5.92 Å². The quantitative estimate of drug-likeness (QED) is 0.627. The Kier molecular flexibility index (Phi) is 4.05. The van der Waals surface area contributed by atoms with Crippen molar-refractivity contribution in [3.63, 3.8) is 0 Å². The summed E-state index contributed by atoms with van der Waals surface area (Å²) in [5.74, 6) is 2.41. The minimum absolute atomic E-state index is 0.0128. The van der Waals surface area contributed by atoms with Gasteiger partial charge in [0.15, 0.2) is 0 Å². The maximum absolute atomic E-state index is 10.6. The number of thioether (sulfide) groups is 1. The monoisotopic (exact) mass is 188 g/mol. The highest BCUT2D eigenvalue weighted by Gasteiger charge is 2.19. The van der Waals surface area contributed by atoms with Crippen LogP contribution >= 0.6 is 11.8 Å². The molecule has 0 aromatic carbocycles. The van der Waals surface area contributed by atoms with Crippen molar-refractivity contribution >= 4 is 18.0 Å². The first-order valence-corrected chi connectivity index (χ1v) is 5.42. The maximum atomic E-state index is 10.6. The standard InChI is InChI=1S/C8H16N2OS/c1-6(2)7(3-11)10-8-4-12-5-9-8/h3,6-10H,4-5H2,1-2H3. The van der Waals surface area contributed by atoms with E-state index in [9.17, 15) is 4.79 Å². The molecule has 1 rings (SSSR count). The van der Waals surface area contributed by atoms with E-state index in [2.05, 4.69) is 10.6 Å². The van der Waals surface area contributed by atoms with E-state index < -0.39 is 0 Å². The zero-order chi connectivity index (χ0) is 8.97. The second kappa shape index (κ2) is 4.84. The second-order valence-corrected chi connectivity index (χ2v) is 4.37. The van der Waals surface area contributed by atoms with Crippen molar-refractivity contribution in [1.29, 1.82) is 0 Å². The largest absolute Gasteiger partial charge is 0.302 e. The molecule has 0 radical (unpaired) electrons. The van der Waals surface area contributed by atoms with Crippen LogP contribution in [0.4, 0.5) is 0 Å². The summed E-state index contributed by atoms with van der Waals surface area (Å²) in [4.78, 5) is 10.6. The van der Waals surface area contributed by atoms with Crippen LogP contribution in [-0.4, -0.2) is 30.1 Å². The summed E-state index contributed by atoms with van der Waals surface area (Å²) in [7, 11) is 0. The molecule has 0 saturated carbocycles. The van der Waals surface area contributed by atoms with Crippen molar-refractivity contribution in [3.05, 3.63) is 0 Å². The first kappa shape index (κ1) is 10.0. The van der Waals surface area contributed by atoms with E-state index in [4.69, 9.17) is 0 Å². The predicted octanol–water partition coefficient (Wildman–Crippen LogP) is 0.420. The van der Waals surface area contributed by atoms with E-state index in [1.807, 2.05) is 25.6 Å². The lowest BCUT2D eigenvalue weighted by molar-refractivity contribution is -0.110. The summed E-state index contributed by atoms with van der Waals surface area (Å²) in [5, 5.41) is 6.53. The molecule has 12 heavy (non-hydrogen) atoms. The number of hydrogen-bond donors (Lipinski definition) is 2. The fraction of sp³-hybridized carbons (Fsp3) is 0.875. The van der Waals surface area contributed by atoms with Crippen molar-refractivity contribution in [2.75, 3.05) is 11.6 Å². The zero-order valence-electron chi connectivity index (χ0n) is 7.54. The normalized spacial score (nSPS) is 26.1. The van der Waals surface area contributed by atoms with Gasteiger partial charge in [-0.15, -0.1) is 11.8 Å². The van der Waals surface area contributed by atoms with Crippen LogP contribution in [0, 0.1) is 5.92 Å². The molecule has 1 aliphatic rings. The van der Waals surface area contributed by atoms with Crippen LogP contribution in [0.25, 0.3) is 0 Å². The van der Waals surface area contributed by atoms with Gasteiger partial charge in [-0.05, 0) is 5.92 Å². The Balaban J connectivity index is 2.30. The summed E-state index contributed by atoms with van der Waals surface area (Å²) in [6.07, 6.45) is 1.31. The van der Waals surface area contributed by atoms with Crippen LogP contribution in [-0.2, 0) is 4.79 Å². The van der Waals surface area contributed by atoms with Crippen LogP contribution < -0.4 is 10.6 Å². The third kappa shape index (κ3) is 2.77. The molecule has 1 fully saturated rings. The molecule has 70 valence electrons. The van der Waals surface area contributed by atoms with Gasteiger partial charge >= 0.3 is 0 Å². The summed E-state index contributed by atoms with van der Waals surface area (Å²) in [6, 6.07) is -0.0128. The van der Waals surface area contributed by atoms with Gasteiger partial charge in [-0.2, -0.15) is 0 Å². The van der Waals surface area contributed by atoms with Gasteiger partial charge in [-0.3, -0.25) is 10.6 Å². The van der Waals surface area contributed by atoms with E-state index in [1.165, 1.54) is 0 Å². The topological polar surface area (TPSA) is 41.1 Å². The van der Waals surface area contributed by atoms with Gasteiger partial charge < -0.3 is 4.79 Å². The molecule has 1 saturated heterocycles. The molecule has 2 unspecified atom stereocenters. The van der Waals surface area contributed by atoms with Crippen LogP contribution in [0.1, 0.15) is 13.8 Å². The van der Waals surface area contributed by atoms with Gasteiger partial charge in [-0.1, -0.05) is 13.8 Å². The lowest BCUT2D eigenvalue weighted by Crippen LogP contribution is -2.48. The SMILES string of the molecule is CC(C)C(C=O)NC1CSCN1. The Bertz CT molecular complexity index is 146. The predicted molar refractivity (Wildman–Crippen MR) is 52.1 cm³/mol. The van der Waals surface area contributed by atoms with E-state index >= 15 is 0 Å². The number of carbonyl (C=O) groups excluding carboxylic acids is 1. The van der Waals surface area contributed by atoms with Crippen molar-refractivity contribution in [2.45, 2.75) is 26.1 Å².